The van der Waals surface area contributed by atoms with Gasteiger partial charge < -0.3 is 5.73 Å². The molecule has 74 valence electrons. The number of hydrogen-bond acceptors (Lipinski definition) is 3. The molecule has 1 aromatic rings. The van der Waals surface area contributed by atoms with Crippen LogP contribution in [-0.2, 0) is 10.4 Å². The smallest absolute Gasteiger partial charge is 0.394 e. The van der Waals surface area contributed by atoms with Crippen LogP contribution in [0.5, 0.6) is 0 Å². The van der Waals surface area contributed by atoms with Crippen molar-refractivity contribution in [1.82, 2.24) is 0 Å². The summed E-state index contributed by atoms with van der Waals surface area (Å²) in [6.45, 7) is 2.02. The number of rotatable bonds is 0. The Kier molecular flexibility index (Phi) is 4.39. The van der Waals surface area contributed by atoms with Gasteiger partial charge in [-0.15, -0.1) is 0 Å². The molecule has 1 aromatic carbocycles. The average Bonchev–Trinajstić information content (AvgIpc) is 1.81. The fourth-order valence-electron chi connectivity index (χ4n) is 0.670. The molecular formula is C7H11NO4S. The first-order valence-corrected chi connectivity index (χ1v) is 4.71. The lowest BCUT2D eigenvalue weighted by Crippen LogP contribution is -1.89. The quantitative estimate of drug-likeness (QED) is 0.432. The molecule has 0 unspecified atom stereocenters. The monoisotopic (exact) mass is 205 g/mol. The molecule has 0 heterocycles. The van der Waals surface area contributed by atoms with Gasteiger partial charge in [0.2, 0.25) is 0 Å². The maximum Gasteiger partial charge on any atom is 0.394 e. The Balaban J connectivity index is 0.000000252. The Hall–Kier alpha value is -1.11. The molecule has 0 aliphatic carbocycles. The van der Waals surface area contributed by atoms with E-state index >= 15 is 0 Å². The number of anilines is 1. The van der Waals surface area contributed by atoms with Crippen LogP contribution in [0.2, 0.25) is 0 Å². The van der Waals surface area contributed by atoms with Crippen molar-refractivity contribution in [3.8, 4) is 0 Å². The first-order chi connectivity index (χ1) is 5.79. The van der Waals surface area contributed by atoms with Crippen LogP contribution in [-0.4, -0.2) is 17.5 Å². The third-order valence-electron chi connectivity index (χ3n) is 1.04. The maximum absolute atomic E-state index is 8.74. The predicted octanol–water partition coefficient (Wildman–Crippen LogP) is 0.924. The van der Waals surface area contributed by atoms with Crippen molar-refractivity contribution in [2.45, 2.75) is 6.92 Å². The molecule has 13 heavy (non-hydrogen) atoms. The lowest BCUT2D eigenvalue weighted by Gasteiger charge is -1.91. The van der Waals surface area contributed by atoms with Crippen molar-refractivity contribution < 1.29 is 17.5 Å². The molecule has 0 aliphatic rings. The predicted molar refractivity (Wildman–Crippen MR) is 49.8 cm³/mol. The Morgan fingerprint density at radius 1 is 1.31 bits per heavy atom. The molecule has 0 spiro atoms. The van der Waals surface area contributed by atoms with Gasteiger partial charge in [-0.3, -0.25) is 9.11 Å². The zero-order valence-electron chi connectivity index (χ0n) is 7.01. The molecule has 0 aliphatic heterocycles. The molecular weight excluding hydrogens is 194 g/mol. The summed E-state index contributed by atoms with van der Waals surface area (Å²) in [5.74, 6) is 0. The largest absolute Gasteiger partial charge is 0.399 e. The topological polar surface area (TPSA) is 101 Å². The first kappa shape index (κ1) is 11.9. The van der Waals surface area contributed by atoms with Crippen LogP contribution >= 0.6 is 0 Å². The second-order valence-corrected chi connectivity index (χ2v) is 3.26. The summed E-state index contributed by atoms with van der Waals surface area (Å²) in [5, 5.41) is 0. The van der Waals surface area contributed by atoms with Crippen LogP contribution in [0.1, 0.15) is 5.56 Å². The molecule has 5 nitrogen and oxygen atoms in total. The van der Waals surface area contributed by atoms with Crippen molar-refractivity contribution in [3.05, 3.63) is 29.8 Å². The van der Waals surface area contributed by atoms with E-state index in [1.165, 1.54) is 5.56 Å². The van der Waals surface area contributed by atoms with Crippen LogP contribution in [0.4, 0.5) is 5.69 Å². The Labute approximate surface area is 76.8 Å². The van der Waals surface area contributed by atoms with Gasteiger partial charge in [0.15, 0.2) is 0 Å². The lowest BCUT2D eigenvalue weighted by atomic mass is 10.2. The van der Waals surface area contributed by atoms with E-state index in [1.807, 2.05) is 31.2 Å². The van der Waals surface area contributed by atoms with Gasteiger partial charge in [-0.25, -0.2) is 0 Å². The summed E-state index contributed by atoms with van der Waals surface area (Å²) in [6.07, 6.45) is 0. The number of nitrogens with two attached hydrogens (primary N) is 1. The highest BCUT2D eigenvalue weighted by molar-refractivity contribution is 7.79. The fraction of sp³-hybridized carbons (Fsp3) is 0.143. The van der Waals surface area contributed by atoms with E-state index in [2.05, 4.69) is 0 Å². The molecule has 0 atom stereocenters. The van der Waals surface area contributed by atoms with Crippen LogP contribution in [0.25, 0.3) is 0 Å². The normalized spacial score (nSPS) is 10.1. The van der Waals surface area contributed by atoms with E-state index in [0.717, 1.165) is 5.69 Å². The molecule has 0 amide bonds. The standard InChI is InChI=1S/C7H9N.H2O4S/c1-6-3-2-4-7(8)5-6;1-5(2,3)4/h2-5H,8H2,1H3;(H2,1,2,3,4). The Bertz CT molecular complexity index is 335. The molecule has 0 radical (unpaired) electrons. The first-order valence-electron chi connectivity index (χ1n) is 3.31. The molecule has 0 saturated heterocycles. The Morgan fingerprint density at radius 3 is 2.00 bits per heavy atom. The van der Waals surface area contributed by atoms with Gasteiger partial charge in [0.05, 0.1) is 0 Å². The minimum Gasteiger partial charge on any atom is -0.399 e. The number of benzene rings is 1. The zero-order chi connectivity index (χ0) is 10.5. The van der Waals surface area contributed by atoms with Crippen molar-refractivity contribution in [1.29, 1.82) is 0 Å². The highest BCUT2D eigenvalue weighted by atomic mass is 32.3. The highest BCUT2D eigenvalue weighted by Crippen LogP contribution is 2.03. The van der Waals surface area contributed by atoms with Gasteiger partial charge in [-0.05, 0) is 24.6 Å². The second kappa shape index (κ2) is 4.80. The van der Waals surface area contributed by atoms with Gasteiger partial charge in [0.25, 0.3) is 0 Å². The minimum absolute atomic E-state index is 0.838. The van der Waals surface area contributed by atoms with Crippen LogP contribution in [0, 0.1) is 6.92 Å². The highest BCUT2D eigenvalue weighted by Gasteiger charge is 1.84. The summed E-state index contributed by atoms with van der Waals surface area (Å²) in [7, 11) is -4.67. The number of nitrogen functional groups attached to an aromatic ring is 1. The van der Waals surface area contributed by atoms with Crippen LogP contribution in [0.3, 0.4) is 0 Å². The summed E-state index contributed by atoms with van der Waals surface area (Å²) < 4.78 is 31.6. The van der Waals surface area contributed by atoms with Crippen molar-refractivity contribution in [3.63, 3.8) is 0 Å². The summed E-state index contributed by atoms with van der Waals surface area (Å²) >= 11 is 0. The molecule has 4 N–H and O–H groups in total. The third-order valence-corrected chi connectivity index (χ3v) is 1.04. The fourth-order valence-corrected chi connectivity index (χ4v) is 0.670. The SMILES string of the molecule is Cc1cccc(N)c1.O=S(=O)(O)O. The number of hydrogen-bond donors (Lipinski definition) is 3. The summed E-state index contributed by atoms with van der Waals surface area (Å²) in [4.78, 5) is 0. The van der Waals surface area contributed by atoms with E-state index < -0.39 is 10.4 Å². The van der Waals surface area contributed by atoms with Gasteiger partial charge in [0, 0.05) is 5.69 Å². The van der Waals surface area contributed by atoms with E-state index in [0.29, 0.717) is 0 Å². The van der Waals surface area contributed by atoms with Crippen LogP contribution < -0.4 is 5.73 Å². The third kappa shape index (κ3) is 10.9. The number of aryl methyl sites for hydroxylation is 1. The van der Waals surface area contributed by atoms with E-state index in [1.54, 1.807) is 0 Å². The van der Waals surface area contributed by atoms with Gasteiger partial charge in [0.1, 0.15) is 0 Å². The maximum atomic E-state index is 8.74. The van der Waals surface area contributed by atoms with E-state index in [4.69, 9.17) is 23.3 Å². The second-order valence-electron chi connectivity index (χ2n) is 2.36. The average molecular weight is 205 g/mol. The van der Waals surface area contributed by atoms with Crippen molar-refractivity contribution in [2.24, 2.45) is 0 Å². The van der Waals surface area contributed by atoms with Crippen molar-refractivity contribution in [2.75, 3.05) is 5.73 Å². The summed E-state index contributed by atoms with van der Waals surface area (Å²) in [6, 6.07) is 7.80. The summed E-state index contributed by atoms with van der Waals surface area (Å²) in [5.41, 5.74) is 7.51. The van der Waals surface area contributed by atoms with E-state index in [9.17, 15) is 0 Å². The Morgan fingerprint density at radius 2 is 1.77 bits per heavy atom. The van der Waals surface area contributed by atoms with Crippen molar-refractivity contribution >= 4 is 16.1 Å². The van der Waals surface area contributed by atoms with Gasteiger partial charge >= 0.3 is 10.4 Å². The molecule has 0 saturated carbocycles. The minimum atomic E-state index is -4.67. The van der Waals surface area contributed by atoms with Gasteiger partial charge in [-0.1, -0.05) is 12.1 Å². The zero-order valence-corrected chi connectivity index (χ0v) is 7.82. The molecule has 0 aromatic heterocycles. The molecule has 6 heteroatoms. The molecule has 0 fully saturated rings. The van der Waals surface area contributed by atoms with Crippen LogP contribution in [0.15, 0.2) is 24.3 Å². The molecule has 1 rings (SSSR count). The van der Waals surface area contributed by atoms with Gasteiger partial charge in [-0.2, -0.15) is 8.42 Å². The molecule has 0 bridgehead atoms. The van der Waals surface area contributed by atoms with E-state index in [-0.39, 0.29) is 0 Å². The lowest BCUT2D eigenvalue weighted by molar-refractivity contribution is 0.381.